The first-order chi connectivity index (χ1) is 13.2. The molecule has 2 aliphatic heterocycles. The molecule has 0 radical (unpaired) electrons. The highest BCUT2D eigenvalue weighted by Crippen LogP contribution is 2.60. The van der Waals surface area contributed by atoms with E-state index in [1.807, 2.05) is 0 Å². The summed E-state index contributed by atoms with van der Waals surface area (Å²) in [6.07, 6.45) is 9.85. The van der Waals surface area contributed by atoms with Crippen LogP contribution in [0.15, 0.2) is 0 Å². The summed E-state index contributed by atoms with van der Waals surface area (Å²) in [5, 5.41) is 12.3. The number of nitrogens with zero attached hydrogens (tertiary/aromatic N) is 4. The van der Waals surface area contributed by atoms with Crippen LogP contribution in [0.1, 0.15) is 68.9 Å². The van der Waals surface area contributed by atoms with Gasteiger partial charge in [-0.2, -0.15) is 0 Å². The van der Waals surface area contributed by atoms with Gasteiger partial charge in [0, 0.05) is 32.1 Å². The predicted molar refractivity (Wildman–Crippen MR) is 101 cm³/mol. The molecule has 4 bridgehead atoms. The molecule has 146 valence electrons. The van der Waals surface area contributed by atoms with Crippen LogP contribution in [0.5, 0.6) is 0 Å². The van der Waals surface area contributed by atoms with Gasteiger partial charge in [-0.1, -0.05) is 0 Å². The van der Waals surface area contributed by atoms with Crippen LogP contribution in [0, 0.1) is 23.2 Å². The summed E-state index contributed by atoms with van der Waals surface area (Å²) in [7, 11) is 0. The van der Waals surface area contributed by atoms with E-state index in [2.05, 4.69) is 25.0 Å². The van der Waals surface area contributed by atoms with Crippen molar-refractivity contribution in [2.45, 2.75) is 70.4 Å². The van der Waals surface area contributed by atoms with Crippen molar-refractivity contribution >= 4 is 5.91 Å². The summed E-state index contributed by atoms with van der Waals surface area (Å²) in [6, 6.07) is 0. The van der Waals surface area contributed by atoms with Crippen molar-refractivity contribution in [2.75, 3.05) is 19.6 Å². The Balaban J connectivity index is 1.15. The van der Waals surface area contributed by atoms with Crippen LogP contribution in [0.25, 0.3) is 0 Å². The third kappa shape index (κ3) is 2.59. The number of rotatable bonds is 2. The highest BCUT2D eigenvalue weighted by molar-refractivity contribution is 5.83. The van der Waals surface area contributed by atoms with Crippen molar-refractivity contribution in [1.82, 2.24) is 25.0 Å². The summed E-state index contributed by atoms with van der Waals surface area (Å²) in [5.41, 5.74) is 0.0152. The Bertz CT molecular complexity index is 712. The third-order valence-electron chi connectivity index (χ3n) is 8.29. The van der Waals surface area contributed by atoms with E-state index in [0.29, 0.717) is 11.8 Å². The van der Waals surface area contributed by atoms with Gasteiger partial charge in [-0.15, -0.1) is 10.2 Å². The fourth-order valence-electron chi connectivity index (χ4n) is 7.47. The zero-order valence-electron chi connectivity index (χ0n) is 16.2. The molecule has 6 heteroatoms. The van der Waals surface area contributed by atoms with Crippen LogP contribution in [-0.4, -0.2) is 45.2 Å². The van der Waals surface area contributed by atoms with Gasteiger partial charge in [-0.05, 0) is 69.1 Å². The number of hydrogen-bond donors (Lipinski definition) is 1. The van der Waals surface area contributed by atoms with Crippen molar-refractivity contribution in [1.29, 1.82) is 0 Å². The lowest BCUT2D eigenvalue weighted by atomic mass is 9.49. The number of nitrogens with one attached hydrogen (secondary N) is 1. The molecule has 1 saturated heterocycles. The highest BCUT2D eigenvalue weighted by Gasteiger charge is 2.55. The molecule has 0 aromatic carbocycles. The van der Waals surface area contributed by atoms with Crippen LogP contribution >= 0.6 is 0 Å². The van der Waals surface area contributed by atoms with Gasteiger partial charge in [0.2, 0.25) is 5.91 Å². The Morgan fingerprint density at radius 2 is 1.63 bits per heavy atom. The lowest BCUT2D eigenvalue weighted by molar-refractivity contribution is -0.158. The molecule has 5 fully saturated rings. The topological polar surface area (TPSA) is 63.1 Å². The number of hydrogen-bond acceptors (Lipinski definition) is 4. The molecule has 0 spiro atoms. The Morgan fingerprint density at radius 3 is 2.30 bits per heavy atom. The van der Waals surface area contributed by atoms with Gasteiger partial charge in [-0.25, -0.2) is 0 Å². The Kier molecular flexibility index (Phi) is 3.69. The van der Waals surface area contributed by atoms with Crippen LogP contribution in [0.3, 0.4) is 0 Å². The van der Waals surface area contributed by atoms with Crippen LogP contribution < -0.4 is 5.32 Å². The van der Waals surface area contributed by atoms with Crippen molar-refractivity contribution < 1.29 is 4.79 Å². The number of aromatic nitrogens is 3. The van der Waals surface area contributed by atoms with Gasteiger partial charge in [0.05, 0.1) is 12.0 Å². The molecule has 1 aromatic rings. The summed E-state index contributed by atoms with van der Waals surface area (Å²) >= 11 is 0. The van der Waals surface area contributed by atoms with Crippen molar-refractivity contribution in [3.05, 3.63) is 11.6 Å². The monoisotopic (exact) mass is 369 g/mol. The lowest BCUT2D eigenvalue weighted by Gasteiger charge is -2.57. The maximum absolute atomic E-state index is 13.6. The summed E-state index contributed by atoms with van der Waals surface area (Å²) < 4.78 is 2.32. The maximum atomic E-state index is 13.6. The fourth-order valence-corrected chi connectivity index (χ4v) is 7.47. The molecule has 6 nitrogen and oxygen atoms in total. The minimum absolute atomic E-state index is 0.0152. The van der Waals surface area contributed by atoms with Crippen LogP contribution in [-0.2, 0) is 17.9 Å². The molecular formula is C21H31N5O. The molecule has 1 N–H and O–H groups in total. The second-order valence-corrected chi connectivity index (χ2v) is 10.1. The Morgan fingerprint density at radius 1 is 0.963 bits per heavy atom. The zero-order valence-corrected chi connectivity index (χ0v) is 16.2. The highest BCUT2D eigenvalue weighted by atomic mass is 16.2. The van der Waals surface area contributed by atoms with Gasteiger partial charge >= 0.3 is 0 Å². The molecule has 4 saturated carbocycles. The fraction of sp³-hybridized carbons (Fsp3) is 0.857. The van der Waals surface area contributed by atoms with E-state index in [4.69, 9.17) is 0 Å². The molecule has 3 heterocycles. The van der Waals surface area contributed by atoms with Crippen LogP contribution in [0.2, 0.25) is 0 Å². The molecule has 0 unspecified atom stereocenters. The van der Waals surface area contributed by atoms with E-state index >= 15 is 0 Å². The molecule has 1 aromatic heterocycles. The van der Waals surface area contributed by atoms with E-state index in [9.17, 15) is 4.79 Å². The third-order valence-corrected chi connectivity index (χ3v) is 8.29. The van der Waals surface area contributed by atoms with Gasteiger partial charge in [0.25, 0.3) is 0 Å². The average Bonchev–Trinajstić information content (AvgIpc) is 3.11. The smallest absolute Gasteiger partial charge is 0.228 e. The summed E-state index contributed by atoms with van der Waals surface area (Å²) in [5.74, 6) is 5.73. The van der Waals surface area contributed by atoms with E-state index < -0.39 is 0 Å². The first kappa shape index (κ1) is 16.5. The maximum Gasteiger partial charge on any atom is 0.228 e. The lowest BCUT2D eigenvalue weighted by Crippen LogP contribution is -2.55. The minimum atomic E-state index is 0.0152. The van der Waals surface area contributed by atoms with E-state index in [-0.39, 0.29) is 5.41 Å². The normalized spacial score (nSPS) is 38.2. The zero-order chi connectivity index (χ0) is 18.0. The first-order valence-corrected chi connectivity index (χ1v) is 11.1. The van der Waals surface area contributed by atoms with Crippen LogP contribution in [0.4, 0.5) is 0 Å². The van der Waals surface area contributed by atoms with Crippen molar-refractivity contribution in [3.63, 3.8) is 0 Å². The van der Waals surface area contributed by atoms with Crippen molar-refractivity contribution in [3.8, 4) is 0 Å². The molecule has 7 rings (SSSR count). The van der Waals surface area contributed by atoms with Gasteiger partial charge in [-0.3, -0.25) is 4.79 Å². The molecule has 4 aliphatic carbocycles. The number of carbonyl (C=O) groups is 1. The van der Waals surface area contributed by atoms with Crippen molar-refractivity contribution in [2.24, 2.45) is 23.2 Å². The van der Waals surface area contributed by atoms with E-state index in [1.54, 1.807) is 0 Å². The SMILES string of the molecule is O=C(N1CCC(c2nnc3n2CCNC3)CC1)C12CC3CC(CC(C3)C1)C2. The quantitative estimate of drug-likeness (QED) is 0.869. The Labute approximate surface area is 161 Å². The van der Waals surface area contributed by atoms with E-state index in [0.717, 1.165) is 75.0 Å². The minimum Gasteiger partial charge on any atom is -0.342 e. The molecule has 6 aliphatic rings. The number of carbonyl (C=O) groups excluding carboxylic acids is 1. The van der Waals surface area contributed by atoms with E-state index in [1.165, 1.54) is 38.5 Å². The average molecular weight is 370 g/mol. The molecule has 0 atom stereocenters. The second-order valence-electron chi connectivity index (χ2n) is 10.1. The number of likely N-dealkylation sites (tertiary alicyclic amines) is 1. The first-order valence-electron chi connectivity index (χ1n) is 11.1. The molecule has 1 amide bonds. The number of piperidine rings is 1. The summed E-state index contributed by atoms with van der Waals surface area (Å²) in [4.78, 5) is 15.8. The Hall–Kier alpha value is -1.43. The van der Waals surface area contributed by atoms with Gasteiger partial charge in [0.15, 0.2) is 0 Å². The van der Waals surface area contributed by atoms with Gasteiger partial charge < -0.3 is 14.8 Å². The standard InChI is InChI=1S/C21H31N5O/c27-20(21-10-14-7-15(11-21)9-16(8-14)12-21)25-4-1-17(2-5-25)19-24-23-18-13-22-3-6-26(18)19/h14-17,22H,1-13H2. The van der Waals surface area contributed by atoms with Gasteiger partial charge in [0.1, 0.15) is 11.6 Å². The molecule has 27 heavy (non-hydrogen) atoms. The molecular weight excluding hydrogens is 338 g/mol. The number of fused-ring (bicyclic) bond motifs is 1. The summed E-state index contributed by atoms with van der Waals surface area (Å²) in [6.45, 7) is 4.62. The largest absolute Gasteiger partial charge is 0.342 e. The number of amides is 1. The predicted octanol–water partition coefficient (Wildman–Crippen LogP) is 2.30. The second kappa shape index (κ2) is 6.03.